The monoisotopic (exact) mass is 353 g/mol. The van der Waals surface area contributed by atoms with Crippen molar-refractivity contribution in [1.29, 1.82) is 0 Å². The molecule has 2 amide bonds. The van der Waals surface area contributed by atoms with Gasteiger partial charge in [0.05, 0.1) is 17.2 Å². The van der Waals surface area contributed by atoms with E-state index in [1.807, 2.05) is 32.0 Å². The normalized spacial score (nSPS) is 16.3. The second-order valence-electron chi connectivity index (χ2n) is 6.56. The minimum atomic E-state index is -0.297. The van der Waals surface area contributed by atoms with Gasteiger partial charge in [0, 0.05) is 31.2 Å². The molecule has 1 unspecified atom stereocenters. The molecule has 1 aliphatic rings. The third kappa shape index (κ3) is 4.46. The van der Waals surface area contributed by atoms with E-state index in [2.05, 4.69) is 15.6 Å². The lowest BCUT2D eigenvalue weighted by Crippen LogP contribution is -2.32. The van der Waals surface area contributed by atoms with E-state index in [0.717, 1.165) is 30.6 Å². The zero-order chi connectivity index (χ0) is 18.5. The quantitative estimate of drug-likeness (QED) is 0.866. The molecule has 6 nitrogen and oxygen atoms in total. The summed E-state index contributed by atoms with van der Waals surface area (Å²) in [5.74, 6) is -0.552. The first-order valence-electron chi connectivity index (χ1n) is 8.76. The molecule has 3 rings (SSSR count). The molecule has 1 aromatic heterocycles. The summed E-state index contributed by atoms with van der Waals surface area (Å²) < 4.78 is 5.49. The fourth-order valence-corrected chi connectivity index (χ4v) is 2.82. The number of nitrogens with one attached hydrogen (secondary N) is 2. The number of carbonyl (C=O) groups excluding carboxylic acids is 2. The molecular weight excluding hydrogens is 330 g/mol. The lowest BCUT2D eigenvalue weighted by Gasteiger charge is -2.11. The molecule has 0 saturated carbocycles. The highest BCUT2D eigenvalue weighted by Gasteiger charge is 2.17. The predicted molar refractivity (Wildman–Crippen MR) is 99.4 cm³/mol. The molecule has 1 aliphatic heterocycles. The summed E-state index contributed by atoms with van der Waals surface area (Å²) in [5, 5.41) is 5.67. The van der Waals surface area contributed by atoms with Crippen molar-refractivity contribution in [2.75, 3.05) is 18.5 Å². The van der Waals surface area contributed by atoms with E-state index in [1.54, 1.807) is 6.07 Å². The Labute approximate surface area is 153 Å². The lowest BCUT2D eigenvalue weighted by atomic mass is 10.1. The number of anilines is 1. The molecule has 136 valence electrons. The summed E-state index contributed by atoms with van der Waals surface area (Å²) in [5.41, 5.74) is 3.67. The van der Waals surface area contributed by atoms with Gasteiger partial charge in [0.2, 0.25) is 0 Å². The van der Waals surface area contributed by atoms with Crippen molar-refractivity contribution in [3.8, 4) is 0 Å². The smallest absolute Gasteiger partial charge is 0.257 e. The Kier molecular flexibility index (Phi) is 5.63. The molecule has 1 atom stereocenters. The highest BCUT2D eigenvalue weighted by atomic mass is 16.5. The first-order valence-corrected chi connectivity index (χ1v) is 8.76. The van der Waals surface area contributed by atoms with Crippen LogP contribution in [0.4, 0.5) is 5.69 Å². The zero-order valence-corrected chi connectivity index (χ0v) is 15.0. The van der Waals surface area contributed by atoms with Crippen LogP contribution >= 0.6 is 0 Å². The van der Waals surface area contributed by atoms with Gasteiger partial charge >= 0.3 is 0 Å². The fraction of sp³-hybridized carbons (Fsp3) is 0.350. The Morgan fingerprint density at radius 2 is 1.88 bits per heavy atom. The Bertz CT molecular complexity index is 814. The molecule has 2 N–H and O–H groups in total. The number of amides is 2. The summed E-state index contributed by atoms with van der Waals surface area (Å²) >= 11 is 0. The van der Waals surface area contributed by atoms with Crippen molar-refractivity contribution in [2.45, 2.75) is 32.8 Å². The van der Waals surface area contributed by atoms with E-state index in [0.29, 0.717) is 23.4 Å². The fourth-order valence-electron chi connectivity index (χ4n) is 2.82. The van der Waals surface area contributed by atoms with Gasteiger partial charge in [-0.15, -0.1) is 0 Å². The van der Waals surface area contributed by atoms with Crippen LogP contribution in [-0.2, 0) is 4.74 Å². The van der Waals surface area contributed by atoms with Gasteiger partial charge in [0.15, 0.2) is 0 Å². The Balaban J connectivity index is 1.64. The molecule has 26 heavy (non-hydrogen) atoms. The van der Waals surface area contributed by atoms with Crippen molar-refractivity contribution >= 4 is 17.5 Å². The maximum absolute atomic E-state index is 12.4. The predicted octanol–water partition coefficient (Wildman–Crippen LogP) is 2.86. The molecule has 1 aromatic carbocycles. The van der Waals surface area contributed by atoms with Gasteiger partial charge in [-0.2, -0.15) is 0 Å². The van der Waals surface area contributed by atoms with Gasteiger partial charge in [-0.25, -0.2) is 0 Å². The van der Waals surface area contributed by atoms with Gasteiger partial charge in [-0.05, 0) is 56.0 Å². The third-order valence-corrected chi connectivity index (χ3v) is 4.54. The summed E-state index contributed by atoms with van der Waals surface area (Å²) in [6, 6.07) is 7.27. The van der Waals surface area contributed by atoms with Gasteiger partial charge in [-0.1, -0.05) is 6.07 Å². The van der Waals surface area contributed by atoms with E-state index in [9.17, 15) is 9.59 Å². The zero-order valence-electron chi connectivity index (χ0n) is 15.0. The number of hydrogen-bond donors (Lipinski definition) is 2. The van der Waals surface area contributed by atoms with Gasteiger partial charge in [0.25, 0.3) is 11.8 Å². The van der Waals surface area contributed by atoms with E-state index >= 15 is 0 Å². The molecule has 0 bridgehead atoms. The Morgan fingerprint density at radius 1 is 1.12 bits per heavy atom. The number of carbonyl (C=O) groups is 2. The van der Waals surface area contributed by atoms with Crippen LogP contribution in [0.5, 0.6) is 0 Å². The summed E-state index contributed by atoms with van der Waals surface area (Å²) in [7, 11) is 0. The van der Waals surface area contributed by atoms with Crippen LogP contribution in [0.25, 0.3) is 0 Å². The minimum Gasteiger partial charge on any atom is -0.376 e. The van der Waals surface area contributed by atoms with E-state index < -0.39 is 0 Å². The topological polar surface area (TPSA) is 80.3 Å². The highest BCUT2D eigenvalue weighted by molar-refractivity contribution is 6.05. The highest BCUT2D eigenvalue weighted by Crippen LogP contribution is 2.16. The molecule has 2 heterocycles. The van der Waals surface area contributed by atoms with E-state index in [-0.39, 0.29) is 17.9 Å². The summed E-state index contributed by atoms with van der Waals surface area (Å²) in [4.78, 5) is 28.8. The number of hydrogen-bond acceptors (Lipinski definition) is 4. The average molecular weight is 353 g/mol. The van der Waals surface area contributed by atoms with Crippen molar-refractivity contribution in [2.24, 2.45) is 0 Å². The van der Waals surface area contributed by atoms with Crippen molar-refractivity contribution in [1.82, 2.24) is 10.3 Å². The van der Waals surface area contributed by atoms with Crippen molar-refractivity contribution < 1.29 is 14.3 Å². The molecule has 6 heteroatoms. The number of benzene rings is 1. The van der Waals surface area contributed by atoms with Crippen LogP contribution in [-0.4, -0.2) is 36.1 Å². The first-order chi connectivity index (χ1) is 12.5. The number of nitrogens with zero attached hydrogens (tertiary/aromatic N) is 1. The van der Waals surface area contributed by atoms with Gasteiger partial charge in [0.1, 0.15) is 0 Å². The molecule has 2 aromatic rings. The van der Waals surface area contributed by atoms with Gasteiger partial charge in [-0.3, -0.25) is 14.6 Å². The molecule has 0 aliphatic carbocycles. The SMILES string of the molecule is Cc1ccc(NC(=O)c2cncc(C(=O)NCC3CCCO3)c2)cc1C. The molecular formula is C20H23N3O3. The Morgan fingerprint density at radius 3 is 2.58 bits per heavy atom. The number of aryl methyl sites for hydroxylation is 2. The summed E-state index contributed by atoms with van der Waals surface area (Å²) in [6.07, 6.45) is 4.96. The number of rotatable bonds is 5. The molecule has 1 fully saturated rings. The average Bonchev–Trinajstić information content (AvgIpc) is 3.16. The van der Waals surface area contributed by atoms with Crippen LogP contribution in [0.3, 0.4) is 0 Å². The second kappa shape index (κ2) is 8.10. The van der Waals surface area contributed by atoms with Gasteiger partial charge < -0.3 is 15.4 Å². The maximum atomic E-state index is 12.4. The molecule has 0 spiro atoms. The van der Waals surface area contributed by atoms with Crippen LogP contribution in [0, 0.1) is 13.8 Å². The lowest BCUT2D eigenvalue weighted by molar-refractivity contribution is 0.0857. The van der Waals surface area contributed by atoms with Crippen LogP contribution in [0.15, 0.2) is 36.7 Å². The second-order valence-corrected chi connectivity index (χ2v) is 6.56. The first kappa shape index (κ1) is 18.1. The van der Waals surface area contributed by atoms with E-state index in [4.69, 9.17) is 4.74 Å². The maximum Gasteiger partial charge on any atom is 0.257 e. The number of ether oxygens (including phenoxy) is 1. The van der Waals surface area contributed by atoms with Crippen molar-refractivity contribution in [3.05, 3.63) is 58.9 Å². The Hall–Kier alpha value is -2.73. The van der Waals surface area contributed by atoms with Crippen LogP contribution in [0.1, 0.15) is 44.7 Å². The minimum absolute atomic E-state index is 0.0724. The largest absolute Gasteiger partial charge is 0.376 e. The van der Waals surface area contributed by atoms with Crippen LogP contribution < -0.4 is 10.6 Å². The van der Waals surface area contributed by atoms with Crippen LogP contribution in [0.2, 0.25) is 0 Å². The number of pyridine rings is 1. The molecule has 0 radical (unpaired) electrons. The number of aromatic nitrogens is 1. The third-order valence-electron chi connectivity index (χ3n) is 4.54. The van der Waals surface area contributed by atoms with Crippen molar-refractivity contribution in [3.63, 3.8) is 0 Å². The van der Waals surface area contributed by atoms with E-state index in [1.165, 1.54) is 12.4 Å². The summed E-state index contributed by atoms with van der Waals surface area (Å²) in [6.45, 7) is 5.23. The molecule has 1 saturated heterocycles. The standard InChI is InChI=1S/C20H23N3O3/c1-13-5-6-17(8-14(13)2)23-20(25)16-9-15(10-21-11-16)19(24)22-12-18-4-3-7-26-18/h5-6,8-11,18H,3-4,7,12H2,1-2H3,(H,22,24)(H,23,25).